The normalized spacial score (nSPS) is 18.1. The van der Waals surface area contributed by atoms with Crippen LogP contribution >= 0.6 is 11.3 Å². The number of carbonyl (C=O) groups excluding carboxylic acids is 1. The van der Waals surface area contributed by atoms with Crippen LogP contribution in [0.2, 0.25) is 0 Å². The number of carbonyl (C=O) groups is 2. The number of hydrogen-bond donors (Lipinski definition) is 2. The third kappa shape index (κ3) is 3.00. The number of anilines is 1. The Balaban J connectivity index is 1.71. The summed E-state index contributed by atoms with van der Waals surface area (Å²) in [6.45, 7) is 0. The molecule has 5 nitrogen and oxygen atoms in total. The molecule has 0 unspecified atom stereocenters. The summed E-state index contributed by atoms with van der Waals surface area (Å²) in [6, 6.07) is 2.22. The van der Waals surface area contributed by atoms with Gasteiger partial charge in [0.1, 0.15) is 11.1 Å². The van der Waals surface area contributed by atoms with Gasteiger partial charge < -0.3 is 10.4 Å². The SMILES string of the molecule is N#Cc1c(NC(=O)CC2(CC(=O)O)CC2)sc2c1CCCC2. The number of carboxylic acid groups (broad SMARTS) is 1. The number of hydrogen-bond acceptors (Lipinski definition) is 4. The fraction of sp³-hybridized carbons (Fsp3) is 0.562. The third-order valence-corrected chi connectivity index (χ3v) is 5.76. The predicted molar refractivity (Wildman–Crippen MR) is 82.8 cm³/mol. The molecular weight excluding hydrogens is 300 g/mol. The minimum atomic E-state index is -0.852. The summed E-state index contributed by atoms with van der Waals surface area (Å²) in [5, 5.41) is 21.8. The molecule has 3 rings (SSSR count). The van der Waals surface area contributed by atoms with Crippen molar-refractivity contribution >= 4 is 28.2 Å². The van der Waals surface area contributed by atoms with Crippen LogP contribution in [0.3, 0.4) is 0 Å². The van der Waals surface area contributed by atoms with E-state index in [1.165, 1.54) is 16.2 Å². The number of carboxylic acids is 1. The highest BCUT2D eigenvalue weighted by Crippen LogP contribution is 2.52. The largest absolute Gasteiger partial charge is 0.481 e. The van der Waals surface area contributed by atoms with Gasteiger partial charge >= 0.3 is 5.97 Å². The van der Waals surface area contributed by atoms with Crippen LogP contribution in [0.1, 0.15) is 54.5 Å². The lowest BCUT2D eigenvalue weighted by atomic mass is 9.96. The lowest BCUT2D eigenvalue weighted by Crippen LogP contribution is -2.19. The van der Waals surface area contributed by atoms with Crippen molar-refractivity contribution in [3.63, 3.8) is 0 Å². The number of nitrogens with zero attached hydrogens (tertiary/aromatic N) is 1. The molecule has 1 fully saturated rings. The van der Waals surface area contributed by atoms with E-state index in [4.69, 9.17) is 5.11 Å². The molecule has 6 heteroatoms. The molecular formula is C16H18N2O3S. The summed E-state index contributed by atoms with van der Waals surface area (Å²) >= 11 is 1.50. The standard InChI is InChI=1S/C16H18N2O3S/c17-9-11-10-3-1-2-4-12(10)22-15(11)18-13(19)7-16(5-6-16)8-14(20)21/h1-8H2,(H,18,19)(H,20,21). The van der Waals surface area contributed by atoms with E-state index >= 15 is 0 Å². The highest BCUT2D eigenvalue weighted by atomic mass is 32.1. The van der Waals surface area contributed by atoms with Crippen molar-refractivity contribution in [2.24, 2.45) is 5.41 Å². The van der Waals surface area contributed by atoms with Crippen molar-refractivity contribution in [3.8, 4) is 6.07 Å². The third-order valence-electron chi connectivity index (χ3n) is 4.55. The van der Waals surface area contributed by atoms with Crippen molar-refractivity contribution in [1.29, 1.82) is 5.26 Å². The molecule has 1 saturated carbocycles. The van der Waals surface area contributed by atoms with E-state index in [1.807, 2.05) is 0 Å². The molecule has 116 valence electrons. The molecule has 1 aromatic heterocycles. The molecule has 1 aromatic rings. The molecule has 0 atom stereocenters. The molecule has 0 radical (unpaired) electrons. The molecule has 0 spiro atoms. The molecule has 0 saturated heterocycles. The Hall–Kier alpha value is -1.87. The van der Waals surface area contributed by atoms with Gasteiger partial charge in [-0.25, -0.2) is 0 Å². The monoisotopic (exact) mass is 318 g/mol. The van der Waals surface area contributed by atoms with Crippen LogP contribution in [0.15, 0.2) is 0 Å². The van der Waals surface area contributed by atoms with Gasteiger partial charge in [-0.05, 0) is 49.5 Å². The second kappa shape index (κ2) is 5.73. The fourth-order valence-electron chi connectivity index (χ4n) is 3.20. The maximum atomic E-state index is 12.2. The van der Waals surface area contributed by atoms with Gasteiger partial charge in [-0.15, -0.1) is 11.3 Å². The van der Waals surface area contributed by atoms with Gasteiger partial charge in [0, 0.05) is 11.3 Å². The van der Waals surface area contributed by atoms with Crippen molar-refractivity contribution in [1.82, 2.24) is 0 Å². The summed E-state index contributed by atoms with van der Waals surface area (Å²) in [4.78, 5) is 24.3. The van der Waals surface area contributed by atoms with Crippen LogP contribution in [-0.4, -0.2) is 17.0 Å². The van der Waals surface area contributed by atoms with E-state index in [1.54, 1.807) is 0 Å². The summed E-state index contributed by atoms with van der Waals surface area (Å²) in [6.07, 6.45) is 5.97. The first-order valence-electron chi connectivity index (χ1n) is 7.59. The van der Waals surface area contributed by atoms with E-state index in [9.17, 15) is 14.9 Å². The maximum absolute atomic E-state index is 12.2. The second-order valence-corrected chi connectivity index (χ2v) is 7.43. The number of amides is 1. The summed E-state index contributed by atoms with van der Waals surface area (Å²) in [5.41, 5.74) is 1.34. The molecule has 0 bridgehead atoms. The van der Waals surface area contributed by atoms with Gasteiger partial charge in [-0.1, -0.05) is 0 Å². The van der Waals surface area contributed by atoms with Crippen molar-refractivity contribution in [3.05, 3.63) is 16.0 Å². The van der Waals surface area contributed by atoms with Gasteiger partial charge in [0.15, 0.2) is 0 Å². The van der Waals surface area contributed by atoms with E-state index in [-0.39, 0.29) is 24.2 Å². The number of aryl methyl sites for hydroxylation is 1. The molecule has 22 heavy (non-hydrogen) atoms. The number of nitriles is 1. The molecule has 1 heterocycles. The van der Waals surface area contributed by atoms with Crippen molar-refractivity contribution in [2.45, 2.75) is 51.4 Å². The van der Waals surface area contributed by atoms with Crippen molar-refractivity contribution in [2.75, 3.05) is 5.32 Å². The Morgan fingerprint density at radius 1 is 1.27 bits per heavy atom. The zero-order chi connectivity index (χ0) is 15.7. The Kier molecular flexibility index (Phi) is 3.92. The van der Waals surface area contributed by atoms with Crippen LogP contribution in [-0.2, 0) is 22.4 Å². The summed E-state index contributed by atoms with van der Waals surface area (Å²) in [5.74, 6) is -1.02. The van der Waals surface area contributed by atoms with Crippen LogP contribution in [0.5, 0.6) is 0 Å². The molecule has 2 N–H and O–H groups in total. The number of fused-ring (bicyclic) bond motifs is 1. The van der Waals surface area contributed by atoms with Gasteiger partial charge in [0.25, 0.3) is 0 Å². The van der Waals surface area contributed by atoms with Crippen LogP contribution in [0.25, 0.3) is 0 Å². The van der Waals surface area contributed by atoms with Gasteiger partial charge in [-0.2, -0.15) is 5.26 Å². The Bertz CT molecular complexity index is 668. The zero-order valence-electron chi connectivity index (χ0n) is 12.3. The minimum absolute atomic E-state index is 0.0481. The van der Waals surface area contributed by atoms with Gasteiger partial charge in [0.2, 0.25) is 5.91 Å². The molecule has 0 aromatic carbocycles. The molecule has 0 aliphatic heterocycles. The van der Waals surface area contributed by atoms with E-state index in [0.717, 1.165) is 44.1 Å². The fourth-order valence-corrected chi connectivity index (χ4v) is 4.45. The number of nitrogens with one attached hydrogen (secondary N) is 1. The predicted octanol–water partition coefficient (Wildman–Crippen LogP) is 3.08. The summed E-state index contributed by atoms with van der Waals surface area (Å²) < 4.78 is 0. The molecule has 2 aliphatic carbocycles. The first kappa shape index (κ1) is 15.0. The number of thiophene rings is 1. The van der Waals surface area contributed by atoms with Gasteiger partial charge in [-0.3, -0.25) is 9.59 Å². The van der Waals surface area contributed by atoms with E-state index in [0.29, 0.717) is 10.6 Å². The number of aliphatic carboxylic acids is 1. The Morgan fingerprint density at radius 3 is 2.64 bits per heavy atom. The van der Waals surface area contributed by atoms with Crippen LogP contribution in [0.4, 0.5) is 5.00 Å². The van der Waals surface area contributed by atoms with E-state index in [2.05, 4.69) is 11.4 Å². The Morgan fingerprint density at radius 2 is 2.00 bits per heavy atom. The summed E-state index contributed by atoms with van der Waals surface area (Å²) in [7, 11) is 0. The molecule has 1 amide bonds. The molecule has 2 aliphatic rings. The highest BCUT2D eigenvalue weighted by Gasteiger charge is 2.46. The highest BCUT2D eigenvalue weighted by molar-refractivity contribution is 7.16. The second-order valence-electron chi connectivity index (χ2n) is 6.32. The minimum Gasteiger partial charge on any atom is -0.481 e. The first-order chi connectivity index (χ1) is 10.5. The smallest absolute Gasteiger partial charge is 0.303 e. The van der Waals surface area contributed by atoms with Crippen LogP contribution < -0.4 is 5.32 Å². The quantitative estimate of drug-likeness (QED) is 0.873. The van der Waals surface area contributed by atoms with Crippen molar-refractivity contribution < 1.29 is 14.7 Å². The maximum Gasteiger partial charge on any atom is 0.303 e. The zero-order valence-corrected chi connectivity index (χ0v) is 13.1. The first-order valence-corrected chi connectivity index (χ1v) is 8.41. The Labute approximate surface area is 132 Å². The number of rotatable bonds is 5. The average molecular weight is 318 g/mol. The van der Waals surface area contributed by atoms with Gasteiger partial charge in [0.05, 0.1) is 12.0 Å². The van der Waals surface area contributed by atoms with Crippen LogP contribution in [0, 0.1) is 16.7 Å². The average Bonchev–Trinajstić information content (AvgIpc) is 3.09. The lowest BCUT2D eigenvalue weighted by molar-refractivity contribution is -0.138. The van der Waals surface area contributed by atoms with E-state index < -0.39 is 5.97 Å². The topological polar surface area (TPSA) is 90.2 Å². The lowest BCUT2D eigenvalue weighted by Gasteiger charge is -2.11.